The van der Waals surface area contributed by atoms with Crippen molar-refractivity contribution < 1.29 is 9.53 Å². The van der Waals surface area contributed by atoms with E-state index >= 15 is 0 Å². The molecule has 3 heteroatoms. The molecule has 0 aliphatic heterocycles. The number of hydrogen-bond acceptors (Lipinski definition) is 2. The van der Waals surface area contributed by atoms with Crippen LogP contribution in [0.5, 0.6) is 0 Å². The smallest absolute Gasteiger partial charge is 0.302 e. The van der Waals surface area contributed by atoms with Crippen molar-refractivity contribution in [1.29, 1.82) is 0 Å². The molecule has 0 aromatic carbocycles. The number of carbonyl (C=O) groups excluding carboxylic acids is 1. The number of esters is 1. The lowest BCUT2D eigenvalue weighted by atomic mass is 10.1. The molecule has 0 saturated heterocycles. The Hall–Kier alpha value is -0.760. The number of allylic oxidation sites excluding steroid dienone is 2. The van der Waals surface area contributed by atoms with Gasteiger partial charge in [0.15, 0.2) is 0 Å². The predicted octanol–water partition coefficient (Wildman–Crippen LogP) is 3.46. The van der Waals surface area contributed by atoms with E-state index in [4.69, 9.17) is 16.3 Å². The zero-order valence-corrected chi connectivity index (χ0v) is 10.4. The van der Waals surface area contributed by atoms with Gasteiger partial charge in [-0.05, 0) is 32.8 Å². The Balaban J connectivity index is 3.77. The highest BCUT2D eigenvalue weighted by molar-refractivity contribution is 6.22. The van der Waals surface area contributed by atoms with E-state index in [0.717, 1.165) is 18.4 Å². The fourth-order valence-corrected chi connectivity index (χ4v) is 1.11. The van der Waals surface area contributed by atoms with E-state index in [0.29, 0.717) is 6.61 Å². The van der Waals surface area contributed by atoms with Gasteiger partial charge in [0, 0.05) is 6.92 Å². The zero-order chi connectivity index (χ0) is 11.8. The monoisotopic (exact) mass is 230 g/mol. The predicted molar refractivity (Wildman–Crippen MR) is 64.1 cm³/mol. The molecule has 0 saturated carbocycles. The zero-order valence-electron chi connectivity index (χ0n) is 9.68. The molecule has 1 atom stereocenters. The second-order valence-electron chi connectivity index (χ2n) is 3.71. The Kier molecular flexibility index (Phi) is 7.14. The number of rotatable bonds is 6. The van der Waals surface area contributed by atoms with Crippen LogP contribution in [0.2, 0.25) is 0 Å². The fourth-order valence-electron chi connectivity index (χ4n) is 1.00. The average Bonchev–Trinajstić information content (AvgIpc) is 2.13. The maximum atomic E-state index is 10.5. The molecule has 0 heterocycles. The van der Waals surface area contributed by atoms with Gasteiger partial charge in [0.25, 0.3) is 0 Å². The van der Waals surface area contributed by atoms with Gasteiger partial charge < -0.3 is 4.74 Å². The lowest BCUT2D eigenvalue weighted by Gasteiger charge is -2.08. The molecule has 0 fully saturated rings. The van der Waals surface area contributed by atoms with Crippen LogP contribution in [0.25, 0.3) is 0 Å². The Morgan fingerprint density at radius 2 is 2.07 bits per heavy atom. The Morgan fingerprint density at radius 1 is 1.47 bits per heavy atom. The minimum atomic E-state index is -0.254. The summed E-state index contributed by atoms with van der Waals surface area (Å²) in [5, 5.41) is 0.0297. The van der Waals surface area contributed by atoms with Gasteiger partial charge in [-0.25, -0.2) is 0 Å². The number of ether oxygens (including phenoxy) is 1. The van der Waals surface area contributed by atoms with Gasteiger partial charge in [0.2, 0.25) is 0 Å². The molecule has 0 aliphatic rings. The summed E-state index contributed by atoms with van der Waals surface area (Å²) >= 11 is 6.03. The lowest BCUT2D eigenvalue weighted by Crippen LogP contribution is -2.01. The van der Waals surface area contributed by atoms with Crippen LogP contribution < -0.4 is 0 Å². The molecule has 15 heavy (non-hydrogen) atoms. The molecule has 0 aromatic heterocycles. The number of alkyl halides is 1. The summed E-state index contributed by atoms with van der Waals surface area (Å²) in [7, 11) is 0. The van der Waals surface area contributed by atoms with Crippen molar-refractivity contribution >= 4 is 17.6 Å². The van der Waals surface area contributed by atoms with Crippen LogP contribution in [-0.4, -0.2) is 18.0 Å². The summed E-state index contributed by atoms with van der Waals surface area (Å²) in [6.07, 6.45) is 3.69. The van der Waals surface area contributed by atoms with E-state index in [2.05, 4.69) is 6.58 Å². The Bertz CT molecular complexity index is 256. The van der Waals surface area contributed by atoms with E-state index < -0.39 is 0 Å². The highest BCUT2D eigenvalue weighted by atomic mass is 35.5. The van der Waals surface area contributed by atoms with Gasteiger partial charge in [-0.1, -0.05) is 17.7 Å². The molecule has 0 aliphatic carbocycles. The fraction of sp³-hybridized carbons (Fsp3) is 0.583. The molecule has 0 radical (unpaired) electrons. The topological polar surface area (TPSA) is 26.3 Å². The quantitative estimate of drug-likeness (QED) is 0.397. The second-order valence-corrected chi connectivity index (χ2v) is 4.23. The van der Waals surface area contributed by atoms with Crippen molar-refractivity contribution in [3.05, 3.63) is 23.8 Å². The van der Waals surface area contributed by atoms with E-state index in [1.807, 2.05) is 19.9 Å². The highest BCUT2D eigenvalue weighted by Gasteiger charge is 2.04. The Labute approximate surface area is 97.0 Å². The van der Waals surface area contributed by atoms with Crippen molar-refractivity contribution in [2.75, 3.05) is 6.61 Å². The minimum Gasteiger partial charge on any atom is -0.462 e. The first-order valence-corrected chi connectivity index (χ1v) is 5.45. The van der Waals surface area contributed by atoms with Gasteiger partial charge in [-0.3, -0.25) is 4.79 Å². The first kappa shape index (κ1) is 14.2. The van der Waals surface area contributed by atoms with Gasteiger partial charge in [0.1, 0.15) is 6.61 Å². The third-order valence-corrected chi connectivity index (χ3v) is 2.64. The van der Waals surface area contributed by atoms with Crippen molar-refractivity contribution in [3.63, 3.8) is 0 Å². The van der Waals surface area contributed by atoms with Crippen molar-refractivity contribution in [2.45, 2.75) is 39.0 Å². The van der Waals surface area contributed by atoms with Crippen LogP contribution in [0.3, 0.4) is 0 Å². The van der Waals surface area contributed by atoms with E-state index in [1.165, 1.54) is 12.5 Å². The van der Waals surface area contributed by atoms with Gasteiger partial charge in [-0.15, -0.1) is 11.6 Å². The number of hydrogen-bond donors (Lipinski definition) is 0. The molecule has 2 nitrogen and oxygen atoms in total. The van der Waals surface area contributed by atoms with Crippen LogP contribution >= 0.6 is 11.6 Å². The summed E-state index contributed by atoms with van der Waals surface area (Å²) in [5.74, 6) is -0.254. The molecule has 0 amide bonds. The van der Waals surface area contributed by atoms with E-state index in [1.54, 1.807) is 0 Å². The molecule has 0 aromatic rings. The number of halogens is 1. The SMILES string of the molecule is C=C(C)C(Cl)CC/C(C)=C\COC(C)=O. The summed E-state index contributed by atoms with van der Waals surface area (Å²) < 4.78 is 4.80. The molecular formula is C12H19ClO2. The molecular weight excluding hydrogens is 212 g/mol. The maximum absolute atomic E-state index is 10.5. The number of carbonyl (C=O) groups is 1. The standard InChI is InChI=1S/C12H19ClO2/c1-9(2)12(13)6-5-10(3)7-8-15-11(4)14/h7,12H,1,5-6,8H2,2-4H3/b10-7-. The normalized spacial score (nSPS) is 13.5. The van der Waals surface area contributed by atoms with Gasteiger partial charge in [0.05, 0.1) is 5.38 Å². The second kappa shape index (κ2) is 7.52. The van der Waals surface area contributed by atoms with Gasteiger partial charge in [-0.2, -0.15) is 0 Å². The lowest BCUT2D eigenvalue weighted by molar-refractivity contribution is -0.139. The summed E-state index contributed by atoms with van der Waals surface area (Å²) in [4.78, 5) is 10.5. The first-order chi connectivity index (χ1) is 6.93. The third kappa shape index (κ3) is 8.25. The molecule has 86 valence electrons. The van der Waals surface area contributed by atoms with Crippen molar-refractivity contribution in [2.24, 2.45) is 0 Å². The van der Waals surface area contributed by atoms with Crippen LogP contribution in [0.15, 0.2) is 23.8 Å². The van der Waals surface area contributed by atoms with Crippen LogP contribution in [0.1, 0.15) is 33.6 Å². The Morgan fingerprint density at radius 3 is 2.53 bits per heavy atom. The molecule has 0 spiro atoms. The largest absolute Gasteiger partial charge is 0.462 e. The molecule has 0 bridgehead atoms. The molecule has 0 rings (SSSR count). The van der Waals surface area contributed by atoms with Crippen molar-refractivity contribution in [1.82, 2.24) is 0 Å². The van der Waals surface area contributed by atoms with Crippen LogP contribution in [0.4, 0.5) is 0 Å². The van der Waals surface area contributed by atoms with E-state index in [-0.39, 0.29) is 11.3 Å². The summed E-state index contributed by atoms with van der Waals surface area (Å²) in [6.45, 7) is 9.48. The van der Waals surface area contributed by atoms with Crippen LogP contribution in [-0.2, 0) is 9.53 Å². The van der Waals surface area contributed by atoms with Crippen LogP contribution in [0, 0.1) is 0 Å². The first-order valence-electron chi connectivity index (χ1n) is 5.02. The average molecular weight is 231 g/mol. The highest BCUT2D eigenvalue weighted by Crippen LogP contribution is 2.16. The molecule has 1 unspecified atom stereocenters. The minimum absolute atomic E-state index is 0.0297. The summed E-state index contributed by atoms with van der Waals surface area (Å²) in [6, 6.07) is 0. The van der Waals surface area contributed by atoms with Crippen molar-refractivity contribution in [3.8, 4) is 0 Å². The third-order valence-electron chi connectivity index (χ3n) is 2.05. The molecule has 0 N–H and O–H groups in total. The maximum Gasteiger partial charge on any atom is 0.302 e. The van der Waals surface area contributed by atoms with Gasteiger partial charge >= 0.3 is 5.97 Å². The summed E-state index contributed by atoms with van der Waals surface area (Å²) in [5.41, 5.74) is 2.17. The van der Waals surface area contributed by atoms with E-state index in [9.17, 15) is 4.79 Å².